The molecule has 6 nitrogen and oxygen atoms in total. The number of hydrogen-bond donors (Lipinski definition) is 3. The summed E-state index contributed by atoms with van der Waals surface area (Å²) in [6, 6.07) is -0.287. The summed E-state index contributed by atoms with van der Waals surface area (Å²) >= 11 is 0. The molecule has 1 unspecified atom stereocenters. The van der Waals surface area contributed by atoms with Crippen LogP contribution in [0.4, 0.5) is 4.79 Å². The van der Waals surface area contributed by atoms with E-state index in [0.29, 0.717) is 26.1 Å². The molecule has 1 saturated heterocycles. The summed E-state index contributed by atoms with van der Waals surface area (Å²) in [5.74, 6) is -0.864. The van der Waals surface area contributed by atoms with Crippen LogP contribution in [0.1, 0.15) is 33.1 Å². The first-order valence-electron chi connectivity index (χ1n) is 6.39. The maximum atomic E-state index is 11.6. The Morgan fingerprint density at radius 3 is 2.50 bits per heavy atom. The van der Waals surface area contributed by atoms with Crippen molar-refractivity contribution in [2.75, 3.05) is 19.8 Å². The first-order valence-corrected chi connectivity index (χ1v) is 6.39. The van der Waals surface area contributed by atoms with Gasteiger partial charge in [-0.05, 0) is 19.3 Å². The zero-order valence-corrected chi connectivity index (χ0v) is 11.0. The molecule has 1 aliphatic rings. The van der Waals surface area contributed by atoms with E-state index in [1.807, 2.05) is 13.8 Å². The number of carboxylic acids is 1. The van der Waals surface area contributed by atoms with Gasteiger partial charge in [0.1, 0.15) is 0 Å². The normalized spacial score (nSPS) is 19.6. The summed E-state index contributed by atoms with van der Waals surface area (Å²) in [4.78, 5) is 22.9. The highest BCUT2D eigenvalue weighted by Gasteiger charge is 2.35. The van der Waals surface area contributed by atoms with Gasteiger partial charge in [-0.15, -0.1) is 0 Å². The SMILES string of the molecule is CCC(CC)(CNC(=O)NC1CCOC1)C(=O)O. The quantitative estimate of drug-likeness (QED) is 0.662. The van der Waals surface area contributed by atoms with Gasteiger partial charge in [0.2, 0.25) is 0 Å². The molecule has 0 spiro atoms. The van der Waals surface area contributed by atoms with E-state index in [1.54, 1.807) is 0 Å². The van der Waals surface area contributed by atoms with E-state index >= 15 is 0 Å². The van der Waals surface area contributed by atoms with Gasteiger partial charge in [0, 0.05) is 13.2 Å². The Morgan fingerprint density at radius 2 is 2.06 bits per heavy atom. The van der Waals surface area contributed by atoms with Crippen molar-refractivity contribution in [1.82, 2.24) is 10.6 Å². The van der Waals surface area contributed by atoms with Crippen molar-refractivity contribution in [1.29, 1.82) is 0 Å². The van der Waals surface area contributed by atoms with Crippen LogP contribution in [-0.4, -0.2) is 42.9 Å². The van der Waals surface area contributed by atoms with Crippen molar-refractivity contribution < 1.29 is 19.4 Å². The van der Waals surface area contributed by atoms with Gasteiger partial charge in [-0.3, -0.25) is 4.79 Å². The molecular formula is C12H22N2O4. The number of rotatable bonds is 6. The van der Waals surface area contributed by atoms with Gasteiger partial charge in [-0.2, -0.15) is 0 Å². The molecule has 0 bridgehead atoms. The molecule has 1 fully saturated rings. The molecule has 0 aromatic heterocycles. The van der Waals surface area contributed by atoms with Crippen LogP contribution in [0, 0.1) is 5.41 Å². The Morgan fingerprint density at radius 1 is 1.39 bits per heavy atom. The highest BCUT2D eigenvalue weighted by atomic mass is 16.5. The lowest BCUT2D eigenvalue weighted by Crippen LogP contribution is -2.48. The Balaban J connectivity index is 2.41. The fraction of sp³-hybridized carbons (Fsp3) is 0.833. The standard InChI is InChI=1S/C12H22N2O4/c1-3-12(4-2,10(15)16)8-13-11(17)14-9-5-6-18-7-9/h9H,3-8H2,1-2H3,(H,15,16)(H2,13,14,17). The van der Waals surface area contributed by atoms with Gasteiger partial charge in [0.15, 0.2) is 0 Å². The highest BCUT2D eigenvalue weighted by Crippen LogP contribution is 2.25. The molecule has 0 saturated carbocycles. The van der Waals surface area contributed by atoms with E-state index in [9.17, 15) is 14.7 Å². The zero-order chi connectivity index (χ0) is 13.6. The van der Waals surface area contributed by atoms with Crippen LogP contribution in [0.2, 0.25) is 0 Å². The van der Waals surface area contributed by atoms with E-state index in [-0.39, 0.29) is 18.6 Å². The van der Waals surface area contributed by atoms with Crippen molar-refractivity contribution >= 4 is 12.0 Å². The number of hydrogen-bond acceptors (Lipinski definition) is 3. The number of carbonyl (C=O) groups excluding carboxylic acids is 1. The molecule has 0 aromatic carbocycles. The van der Waals surface area contributed by atoms with Gasteiger partial charge in [0.25, 0.3) is 0 Å². The first kappa shape index (κ1) is 14.8. The van der Waals surface area contributed by atoms with Crippen LogP contribution in [-0.2, 0) is 9.53 Å². The molecule has 104 valence electrons. The number of amides is 2. The topological polar surface area (TPSA) is 87.7 Å². The van der Waals surface area contributed by atoms with Crippen molar-refractivity contribution in [2.45, 2.75) is 39.2 Å². The maximum absolute atomic E-state index is 11.6. The third-order valence-corrected chi connectivity index (χ3v) is 3.66. The summed E-state index contributed by atoms with van der Waals surface area (Å²) in [5.41, 5.74) is -0.872. The molecule has 0 aliphatic carbocycles. The van der Waals surface area contributed by atoms with Gasteiger partial charge >= 0.3 is 12.0 Å². The van der Waals surface area contributed by atoms with Crippen LogP contribution in [0.5, 0.6) is 0 Å². The summed E-state index contributed by atoms with van der Waals surface area (Å²) < 4.78 is 5.15. The highest BCUT2D eigenvalue weighted by molar-refractivity contribution is 5.78. The summed E-state index contributed by atoms with van der Waals surface area (Å²) in [6.45, 7) is 4.98. The number of ether oxygens (including phenoxy) is 1. The van der Waals surface area contributed by atoms with Crippen LogP contribution in [0.15, 0.2) is 0 Å². The fourth-order valence-corrected chi connectivity index (χ4v) is 2.01. The zero-order valence-electron chi connectivity index (χ0n) is 11.0. The number of carbonyl (C=O) groups is 2. The lowest BCUT2D eigenvalue weighted by atomic mass is 9.82. The molecule has 1 heterocycles. The average Bonchev–Trinajstić information content (AvgIpc) is 2.83. The number of carboxylic acid groups (broad SMARTS) is 1. The summed E-state index contributed by atoms with van der Waals surface area (Å²) in [5, 5.41) is 14.6. The number of nitrogens with one attached hydrogen (secondary N) is 2. The molecule has 0 radical (unpaired) electrons. The predicted molar refractivity (Wildman–Crippen MR) is 66.4 cm³/mol. The molecular weight excluding hydrogens is 236 g/mol. The predicted octanol–water partition coefficient (Wildman–Crippen LogP) is 0.965. The molecule has 1 atom stereocenters. The second kappa shape index (κ2) is 6.58. The van der Waals surface area contributed by atoms with Gasteiger partial charge in [-0.1, -0.05) is 13.8 Å². The largest absolute Gasteiger partial charge is 0.481 e. The van der Waals surface area contributed by atoms with E-state index in [4.69, 9.17) is 4.74 Å². The third-order valence-electron chi connectivity index (χ3n) is 3.66. The van der Waals surface area contributed by atoms with Crippen molar-refractivity contribution in [3.63, 3.8) is 0 Å². The molecule has 1 aliphatic heterocycles. The maximum Gasteiger partial charge on any atom is 0.315 e. The monoisotopic (exact) mass is 258 g/mol. The molecule has 18 heavy (non-hydrogen) atoms. The molecule has 0 aromatic rings. The second-order valence-corrected chi connectivity index (χ2v) is 4.68. The average molecular weight is 258 g/mol. The van der Waals surface area contributed by atoms with E-state index in [2.05, 4.69) is 10.6 Å². The number of urea groups is 1. The second-order valence-electron chi connectivity index (χ2n) is 4.68. The van der Waals surface area contributed by atoms with Crippen LogP contribution >= 0.6 is 0 Å². The Kier molecular flexibility index (Phi) is 5.40. The minimum Gasteiger partial charge on any atom is -0.481 e. The molecule has 2 amide bonds. The summed E-state index contributed by atoms with van der Waals surface area (Å²) in [6.07, 6.45) is 1.79. The lowest BCUT2D eigenvalue weighted by molar-refractivity contribution is -0.149. The number of aliphatic carboxylic acids is 1. The van der Waals surface area contributed by atoms with E-state index in [1.165, 1.54) is 0 Å². The Hall–Kier alpha value is -1.30. The van der Waals surface area contributed by atoms with Crippen LogP contribution in [0.25, 0.3) is 0 Å². The molecule has 6 heteroatoms. The van der Waals surface area contributed by atoms with Crippen molar-refractivity contribution in [3.05, 3.63) is 0 Å². The lowest BCUT2D eigenvalue weighted by Gasteiger charge is -2.27. The first-order chi connectivity index (χ1) is 8.54. The van der Waals surface area contributed by atoms with Crippen LogP contribution < -0.4 is 10.6 Å². The van der Waals surface area contributed by atoms with Gasteiger partial charge in [-0.25, -0.2) is 4.79 Å². The Bertz CT molecular complexity index is 296. The molecule has 1 rings (SSSR count). The van der Waals surface area contributed by atoms with Gasteiger partial charge in [0.05, 0.1) is 18.1 Å². The van der Waals surface area contributed by atoms with Crippen molar-refractivity contribution in [2.24, 2.45) is 5.41 Å². The van der Waals surface area contributed by atoms with E-state index < -0.39 is 11.4 Å². The van der Waals surface area contributed by atoms with Gasteiger partial charge < -0.3 is 20.5 Å². The minimum atomic E-state index is -0.872. The minimum absolute atomic E-state index is 0.0347. The summed E-state index contributed by atoms with van der Waals surface area (Å²) in [7, 11) is 0. The third kappa shape index (κ3) is 3.60. The smallest absolute Gasteiger partial charge is 0.315 e. The fourth-order valence-electron chi connectivity index (χ4n) is 2.01. The van der Waals surface area contributed by atoms with Crippen molar-refractivity contribution in [3.8, 4) is 0 Å². The van der Waals surface area contributed by atoms with Crippen LogP contribution in [0.3, 0.4) is 0 Å². The molecule has 3 N–H and O–H groups in total. The Labute approximate surface area is 107 Å². The van der Waals surface area contributed by atoms with E-state index in [0.717, 1.165) is 6.42 Å².